The third kappa shape index (κ3) is 3.57. The van der Waals surface area contributed by atoms with Crippen LogP contribution in [-0.2, 0) is 9.53 Å². The van der Waals surface area contributed by atoms with Gasteiger partial charge in [-0.15, -0.1) is 0 Å². The second kappa shape index (κ2) is 6.84. The largest absolute Gasteiger partial charge is 0.468 e. The van der Waals surface area contributed by atoms with Crippen molar-refractivity contribution in [3.63, 3.8) is 0 Å². The van der Waals surface area contributed by atoms with Crippen molar-refractivity contribution in [1.82, 2.24) is 5.32 Å². The fourth-order valence-corrected chi connectivity index (χ4v) is 2.87. The van der Waals surface area contributed by atoms with Crippen LogP contribution in [-0.4, -0.2) is 19.1 Å². The van der Waals surface area contributed by atoms with Crippen molar-refractivity contribution in [2.75, 3.05) is 7.11 Å². The van der Waals surface area contributed by atoms with E-state index >= 15 is 0 Å². The van der Waals surface area contributed by atoms with E-state index in [1.807, 2.05) is 6.92 Å². The van der Waals surface area contributed by atoms with Crippen molar-refractivity contribution in [3.8, 4) is 0 Å². The van der Waals surface area contributed by atoms with Gasteiger partial charge in [-0.1, -0.05) is 25.3 Å². The molecule has 0 spiro atoms. The van der Waals surface area contributed by atoms with Gasteiger partial charge in [-0.2, -0.15) is 0 Å². The van der Waals surface area contributed by atoms with Crippen LogP contribution < -0.4 is 5.32 Å². The van der Waals surface area contributed by atoms with E-state index in [1.54, 1.807) is 6.07 Å². The Morgan fingerprint density at radius 1 is 1.35 bits per heavy atom. The third-order valence-electron chi connectivity index (χ3n) is 3.99. The van der Waals surface area contributed by atoms with Gasteiger partial charge in [0.25, 0.3) is 0 Å². The Morgan fingerprint density at radius 3 is 2.65 bits per heavy atom. The van der Waals surface area contributed by atoms with Gasteiger partial charge in [0.2, 0.25) is 0 Å². The maximum atomic E-state index is 13.2. The first-order valence-corrected chi connectivity index (χ1v) is 7.21. The zero-order chi connectivity index (χ0) is 14.5. The van der Waals surface area contributed by atoms with E-state index in [9.17, 15) is 9.18 Å². The molecule has 1 N–H and O–H groups in total. The highest BCUT2D eigenvalue weighted by Crippen LogP contribution is 2.24. The molecule has 20 heavy (non-hydrogen) atoms. The number of benzene rings is 1. The second-order valence-corrected chi connectivity index (χ2v) is 5.46. The summed E-state index contributed by atoms with van der Waals surface area (Å²) in [6, 6.07) is 4.33. The molecule has 0 amide bonds. The SMILES string of the molecule is COC(=O)C(NC1CCCCC1)c1ccc(F)cc1C. The number of methoxy groups -OCH3 is 1. The lowest BCUT2D eigenvalue weighted by molar-refractivity contribution is -0.143. The summed E-state index contributed by atoms with van der Waals surface area (Å²) in [6.45, 7) is 1.82. The summed E-state index contributed by atoms with van der Waals surface area (Å²) < 4.78 is 18.1. The van der Waals surface area contributed by atoms with E-state index in [2.05, 4.69) is 5.32 Å². The molecule has 3 nitrogen and oxygen atoms in total. The van der Waals surface area contributed by atoms with Crippen LogP contribution >= 0.6 is 0 Å². The van der Waals surface area contributed by atoms with E-state index in [0.717, 1.165) is 24.0 Å². The molecule has 110 valence electrons. The molecule has 1 unspecified atom stereocenters. The highest BCUT2D eigenvalue weighted by Gasteiger charge is 2.26. The first-order chi connectivity index (χ1) is 9.61. The van der Waals surface area contributed by atoms with Crippen LogP contribution in [0.25, 0.3) is 0 Å². The average molecular weight is 279 g/mol. The van der Waals surface area contributed by atoms with Crippen LogP contribution in [0.1, 0.15) is 49.3 Å². The Bertz CT molecular complexity index is 470. The summed E-state index contributed by atoms with van der Waals surface area (Å²) >= 11 is 0. The minimum atomic E-state index is -0.510. The molecule has 1 aromatic carbocycles. The molecule has 1 aromatic rings. The van der Waals surface area contributed by atoms with Crippen LogP contribution in [0.4, 0.5) is 4.39 Å². The van der Waals surface area contributed by atoms with Crippen LogP contribution in [0.3, 0.4) is 0 Å². The van der Waals surface area contributed by atoms with Gasteiger partial charge in [0.15, 0.2) is 0 Å². The molecular formula is C16H22FNO2. The predicted molar refractivity (Wildman–Crippen MR) is 75.9 cm³/mol. The van der Waals surface area contributed by atoms with Crippen molar-refractivity contribution in [2.45, 2.75) is 51.1 Å². The molecule has 1 aliphatic carbocycles. The minimum absolute atomic E-state index is 0.285. The number of esters is 1. The zero-order valence-corrected chi connectivity index (χ0v) is 12.1. The molecule has 0 aromatic heterocycles. The lowest BCUT2D eigenvalue weighted by Gasteiger charge is -2.28. The molecule has 0 heterocycles. The van der Waals surface area contributed by atoms with Crippen molar-refractivity contribution in [1.29, 1.82) is 0 Å². The van der Waals surface area contributed by atoms with Gasteiger partial charge in [-0.3, -0.25) is 5.32 Å². The van der Waals surface area contributed by atoms with Gasteiger partial charge in [0.05, 0.1) is 7.11 Å². The van der Waals surface area contributed by atoms with Gasteiger partial charge in [-0.05, 0) is 43.0 Å². The lowest BCUT2D eigenvalue weighted by Crippen LogP contribution is -2.39. The molecular weight excluding hydrogens is 257 g/mol. The fraction of sp³-hybridized carbons (Fsp3) is 0.562. The highest BCUT2D eigenvalue weighted by molar-refractivity contribution is 5.78. The van der Waals surface area contributed by atoms with Gasteiger partial charge >= 0.3 is 5.97 Å². The summed E-state index contributed by atoms with van der Waals surface area (Å²) in [6.07, 6.45) is 5.79. The van der Waals surface area contributed by atoms with E-state index in [1.165, 1.54) is 38.5 Å². The van der Waals surface area contributed by atoms with Crippen LogP contribution in [0, 0.1) is 12.7 Å². The summed E-state index contributed by atoms with van der Waals surface area (Å²) in [4.78, 5) is 12.0. The number of carbonyl (C=O) groups excluding carboxylic acids is 1. The van der Waals surface area contributed by atoms with Crippen LogP contribution in [0.2, 0.25) is 0 Å². The fourth-order valence-electron chi connectivity index (χ4n) is 2.87. The monoisotopic (exact) mass is 279 g/mol. The Kier molecular flexibility index (Phi) is 5.12. The smallest absolute Gasteiger partial charge is 0.327 e. The molecule has 0 saturated heterocycles. The summed E-state index contributed by atoms with van der Waals surface area (Å²) in [5, 5.41) is 3.39. The number of hydrogen-bond donors (Lipinski definition) is 1. The van der Waals surface area contributed by atoms with E-state index in [4.69, 9.17) is 4.74 Å². The molecule has 0 aliphatic heterocycles. The number of rotatable bonds is 4. The first kappa shape index (κ1) is 15.0. The Morgan fingerprint density at radius 2 is 2.05 bits per heavy atom. The van der Waals surface area contributed by atoms with Crippen LogP contribution in [0.15, 0.2) is 18.2 Å². The Balaban J connectivity index is 2.20. The average Bonchev–Trinajstić information content (AvgIpc) is 2.46. The quantitative estimate of drug-likeness (QED) is 0.860. The number of halogens is 1. The second-order valence-electron chi connectivity index (χ2n) is 5.46. The van der Waals surface area contributed by atoms with Gasteiger partial charge in [-0.25, -0.2) is 9.18 Å². The Hall–Kier alpha value is -1.42. The van der Waals surface area contributed by atoms with Gasteiger partial charge in [0, 0.05) is 6.04 Å². The van der Waals surface area contributed by atoms with Crippen molar-refractivity contribution in [2.24, 2.45) is 0 Å². The lowest BCUT2D eigenvalue weighted by atomic mass is 9.93. The topological polar surface area (TPSA) is 38.3 Å². The number of ether oxygens (including phenoxy) is 1. The van der Waals surface area contributed by atoms with Crippen molar-refractivity contribution >= 4 is 5.97 Å². The summed E-state index contributed by atoms with van der Waals surface area (Å²) in [5.74, 6) is -0.599. The first-order valence-electron chi connectivity index (χ1n) is 7.21. The third-order valence-corrected chi connectivity index (χ3v) is 3.99. The van der Waals surface area contributed by atoms with E-state index in [0.29, 0.717) is 6.04 Å². The maximum absolute atomic E-state index is 13.2. The molecule has 1 saturated carbocycles. The summed E-state index contributed by atoms with van der Waals surface area (Å²) in [7, 11) is 1.39. The number of carbonyl (C=O) groups is 1. The molecule has 0 bridgehead atoms. The Labute approximate surface area is 119 Å². The highest BCUT2D eigenvalue weighted by atomic mass is 19.1. The normalized spacial score (nSPS) is 17.8. The van der Waals surface area contributed by atoms with Gasteiger partial charge in [0.1, 0.15) is 11.9 Å². The predicted octanol–water partition coefficient (Wildman–Crippen LogP) is 3.27. The molecule has 1 atom stereocenters. The molecule has 4 heteroatoms. The zero-order valence-electron chi connectivity index (χ0n) is 12.1. The molecule has 0 radical (unpaired) electrons. The number of aryl methyl sites for hydroxylation is 1. The van der Waals surface area contributed by atoms with Crippen molar-refractivity contribution < 1.29 is 13.9 Å². The minimum Gasteiger partial charge on any atom is -0.468 e. The maximum Gasteiger partial charge on any atom is 0.327 e. The van der Waals surface area contributed by atoms with Gasteiger partial charge < -0.3 is 4.74 Å². The summed E-state index contributed by atoms with van der Waals surface area (Å²) in [5.41, 5.74) is 1.56. The number of nitrogens with one attached hydrogen (secondary N) is 1. The molecule has 2 rings (SSSR count). The molecule has 1 aliphatic rings. The standard InChI is InChI=1S/C16H22FNO2/c1-11-10-12(17)8-9-14(11)15(16(19)20-2)18-13-6-4-3-5-7-13/h8-10,13,15,18H,3-7H2,1-2H3. The van der Waals surface area contributed by atoms with E-state index < -0.39 is 6.04 Å². The van der Waals surface area contributed by atoms with Crippen LogP contribution in [0.5, 0.6) is 0 Å². The molecule has 1 fully saturated rings. The van der Waals surface area contributed by atoms with E-state index in [-0.39, 0.29) is 11.8 Å². The number of hydrogen-bond acceptors (Lipinski definition) is 3. The van der Waals surface area contributed by atoms with Crippen molar-refractivity contribution in [3.05, 3.63) is 35.1 Å².